The normalized spacial score (nSPS) is 11.6. The van der Waals surface area contributed by atoms with Gasteiger partial charge in [0.15, 0.2) is 5.78 Å². The number of allylic oxidation sites excluding steroid dienone is 1. The van der Waals surface area contributed by atoms with Gasteiger partial charge in [0.1, 0.15) is 17.5 Å². The third-order valence-electron chi connectivity index (χ3n) is 21.2. The maximum atomic E-state index is 12.6. The van der Waals surface area contributed by atoms with Gasteiger partial charge in [0.2, 0.25) is 35.7 Å². The molecular formula is C102H106ClF2N21O. The van der Waals surface area contributed by atoms with Crippen LogP contribution in [0, 0.1) is 40.5 Å². The molecule has 9 aromatic carbocycles. The Balaban J connectivity index is 0.000000139. The number of anilines is 9. The number of hydrogen-bond donors (Lipinski definition) is 9. The molecule has 0 amide bonds. The lowest BCUT2D eigenvalue weighted by Crippen LogP contribution is -2.12. The van der Waals surface area contributed by atoms with Gasteiger partial charge in [-0.05, 0) is 185 Å². The largest absolute Gasteiger partial charge is 0.373 e. The summed E-state index contributed by atoms with van der Waals surface area (Å²) in [6, 6.07) is 85.8. The summed E-state index contributed by atoms with van der Waals surface area (Å²) in [5.74, 6) is 4.21. The summed E-state index contributed by atoms with van der Waals surface area (Å²) in [6.45, 7) is 12.8. The number of ketones is 1. The Morgan fingerprint density at radius 3 is 1.48 bits per heavy atom. The molecule has 22 nitrogen and oxygen atoms in total. The van der Waals surface area contributed by atoms with Gasteiger partial charge in [0.25, 0.3) is 6.43 Å². The van der Waals surface area contributed by atoms with Crippen LogP contribution in [0.3, 0.4) is 0 Å². The molecule has 1 saturated carbocycles. The second-order valence-electron chi connectivity index (χ2n) is 30.8. The van der Waals surface area contributed by atoms with Gasteiger partial charge in [-0.2, -0.15) is 15.0 Å². The average molecular weight is 1720 g/mol. The molecule has 2 aliphatic rings. The standard InChI is InChI=1S/C21H21N3O.C21H23N3.C18H18N4.C16H19N3.C14H14N4.C12H11ClF2N4/c1-3-18-13-19(24-21(22)23-18)16-5-4-6-17(12-16)20(25)11-15-9-7-14(2)8-10-15;1-15-8-6-13-19(16(15)2)20-14-18(23-21(22)24-20)12-7-11-17-9-4-3-5-10-17;19-18-21-16(15-9-5-2-6-10-15)13-17(22-18)20-12-11-14-7-3-1-4-8-14;1-10-4-3-5-14(11(10)2)15-9-13(8-12-6-7-12)18-16(17)19-15;1-16-13-8-12(17-14(15)18-13)11-7-6-9-4-2-3-5-10(9)11;13-8-3-1-2-7(4-8)9-5-11(17-6-10(14)15)19-12(16)18-9/h4-10,12-13H,3,11H2,1-2H3,(H2,22,23,24);3-6,8-10,13-14H,7,11-12H2,1-2H3,(H2,22,23,24);1-10,13H,11-12H2,(H3,19,20,21,22);3-5,9,12H,6-8H2,1-2H3,(H2,17,18,19);2-5,7-8H,6H2,1H3,(H3,15,16,17,18);1-5,10H,6H2,(H3,16,17,18,19). The van der Waals surface area contributed by atoms with Gasteiger partial charge in [0.05, 0.1) is 40.7 Å². The first-order chi connectivity index (χ1) is 61.4. The van der Waals surface area contributed by atoms with Gasteiger partial charge in [-0.1, -0.05) is 236 Å². The zero-order chi connectivity index (χ0) is 89.7. The third kappa shape index (κ3) is 27.6. The van der Waals surface area contributed by atoms with Gasteiger partial charge >= 0.3 is 0 Å². The van der Waals surface area contributed by atoms with Crippen molar-refractivity contribution in [2.45, 2.75) is 112 Å². The van der Waals surface area contributed by atoms with E-state index >= 15 is 0 Å². The van der Waals surface area contributed by atoms with E-state index in [0.29, 0.717) is 40.5 Å². The van der Waals surface area contributed by atoms with Gasteiger partial charge in [-0.25, -0.2) is 53.6 Å². The molecule has 0 atom stereocenters. The molecule has 25 heteroatoms. The van der Waals surface area contributed by atoms with Crippen molar-refractivity contribution in [3.05, 3.63) is 356 Å². The van der Waals surface area contributed by atoms with Gasteiger partial charge in [-0.3, -0.25) is 4.79 Å². The number of carbonyl (C=O) groups is 1. The van der Waals surface area contributed by atoms with E-state index < -0.39 is 13.0 Å². The van der Waals surface area contributed by atoms with Crippen LogP contribution >= 0.6 is 11.6 Å². The van der Waals surface area contributed by atoms with Crippen LogP contribution < -0.4 is 50.4 Å². The first kappa shape index (κ1) is 91.4. The number of carbonyl (C=O) groups excluding carboxylic acids is 1. The summed E-state index contributed by atoms with van der Waals surface area (Å²) in [6.07, 6.45) is 9.44. The monoisotopic (exact) mass is 1710 g/mol. The van der Waals surface area contributed by atoms with Crippen LogP contribution in [0.2, 0.25) is 5.02 Å². The van der Waals surface area contributed by atoms with Crippen LogP contribution in [-0.2, 0) is 44.9 Å². The molecule has 0 saturated heterocycles. The Kier molecular flexibility index (Phi) is 32.4. The molecule has 6 heterocycles. The van der Waals surface area contributed by atoms with Crippen LogP contribution in [0.1, 0.15) is 115 Å². The van der Waals surface area contributed by atoms with E-state index in [1.807, 2.05) is 148 Å². The predicted molar refractivity (Wildman–Crippen MR) is 513 cm³/mol. The van der Waals surface area contributed by atoms with Gasteiger partial charge in [0, 0.05) is 99.3 Å². The molecule has 6 aromatic heterocycles. The number of aromatic nitrogens is 12. The number of nitrogens with two attached hydrogens (primary N) is 6. The van der Waals surface area contributed by atoms with E-state index in [1.54, 1.807) is 30.3 Å². The highest BCUT2D eigenvalue weighted by atomic mass is 35.5. The number of nitrogens with zero attached hydrogens (tertiary/aromatic N) is 12. The summed E-state index contributed by atoms with van der Waals surface area (Å²) in [5, 5.41) is 9.36. The summed E-state index contributed by atoms with van der Waals surface area (Å²) < 4.78 is 24.3. The summed E-state index contributed by atoms with van der Waals surface area (Å²) in [7, 11) is 1.82. The lowest BCUT2D eigenvalue weighted by Gasteiger charge is -2.10. The van der Waals surface area contributed by atoms with E-state index in [9.17, 15) is 13.6 Å². The Morgan fingerprint density at radius 2 is 0.890 bits per heavy atom. The van der Waals surface area contributed by atoms with Crippen molar-refractivity contribution in [1.29, 1.82) is 0 Å². The smallest absolute Gasteiger partial charge is 0.255 e. The number of fused-ring (bicyclic) bond motifs is 1. The summed E-state index contributed by atoms with van der Waals surface area (Å²) in [4.78, 5) is 63.6. The molecule has 646 valence electrons. The molecule has 15 N–H and O–H groups in total. The van der Waals surface area contributed by atoms with E-state index in [0.717, 1.165) is 154 Å². The lowest BCUT2D eigenvalue weighted by molar-refractivity contribution is 0.0992. The van der Waals surface area contributed by atoms with Crippen LogP contribution in [0.25, 0.3) is 61.9 Å². The minimum atomic E-state index is -2.47. The molecule has 0 spiro atoms. The zero-order valence-electron chi connectivity index (χ0n) is 72.4. The number of nitrogens with one attached hydrogen (secondary N) is 3. The number of benzene rings is 9. The van der Waals surface area contributed by atoms with Crippen LogP contribution in [0.5, 0.6) is 0 Å². The minimum absolute atomic E-state index is 0.00856. The summed E-state index contributed by atoms with van der Waals surface area (Å²) in [5.41, 5.74) is 61.7. The second kappa shape index (κ2) is 45.0. The molecule has 2 aliphatic carbocycles. The fourth-order valence-electron chi connectivity index (χ4n) is 14.1. The van der Waals surface area contributed by atoms with Crippen molar-refractivity contribution < 1.29 is 13.6 Å². The van der Waals surface area contributed by atoms with Crippen molar-refractivity contribution in [2.24, 2.45) is 5.92 Å². The maximum Gasteiger partial charge on any atom is 0.255 e. The Hall–Kier alpha value is -14.8. The minimum Gasteiger partial charge on any atom is -0.373 e. The number of Topliss-reactive ketones (excluding diaryl/α,β-unsaturated/α-hetero) is 1. The van der Waals surface area contributed by atoms with E-state index in [-0.39, 0.29) is 29.4 Å². The number of nitrogen functional groups attached to an aromatic ring is 6. The molecule has 0 radical (unpaired) electrons. The molecule has 0 bridgehead atoms. The zero-order valence-corrected chi connectivity index (χ0v) is 73.2. The van der Waals surface area contributed by atoms with Crippen molar-refractivity contribution in [2.75, 3.05) is 70.5 Å². The highest BCUT2D eigenvalue weighted by Gasteiger charge is 2.24. The highest BCUT2D eigenvalue weighted by molar-refractivity contribution is 6.30. The number of rotatable bonds is 24. The number of hydrogen-bond acceptors (Lipinski definition) is 22. The lowest BCUT2D eigenvalue weighted by atomic mass is 9.99. The fourth-order valence-corrected chi connectivity index (χ4v) is 14.3. The van der Waals surface area contributed by atoms with E-state index in [1.165, 1.54) is 62.9 Å². The van der Waals surface area contributed by atoms with Crippen LogP contribution in [0.4, 0.5) is 61.9 Å². The molecule has 0 aliphatic heterocycles. The SMILES string of the molecule is CCc1cc(-c2cccc(C(=O)Cc3ccc(C)cc3)c2)nc(N)n1.CNc1cc(C2=CCc3ccccc32)nc(N)n1.Cc1cccc(-c2cc(CC3CC3)nc(N)n2)c1C.Cc1cccc(-c2cc(CCCc3ccccc3)nc(N)n2)c1C.Nc1nc(NCC(F)F)cc(-c2cccc(Cl)c2)n1.Nc1nc(NCCc2ccccc2)cc(-c2ccccc2)n1. The van der Waals surface area contributed by atoms with Gasteiger partial charge < -0.3 is 50.4 Å². The number of alkyl halides is 2. The quantitative estimate of drug-likeness (QED) is 0.0254. The Morgan fingerprint density at radius 1 is 0.425 bits per heavy atom. The van der Waals surface area contributed by atoms with Crippen molar-refractivity contribution in [3.8, 4) is 56.3 Å². The van der Waals surface area contributed by atoms with Crippen molar-refractivity contribution in [3.63, 3.8) is 0 Å². The van der Waals surface area contributed by atoms with Gasteiger partial charge in [-0.15, -0.1) is 0 Å². The highest BCUT2D eigenvalue weighted by Crippen LogP contribution is 2.36. The first-order valence-electron chi connectivity index (χ1n) is 42.2. The topological polar surface area (TPSA) is 364 Å². The molecule has 15 aromatic rings. The molecule has 1 fully saturated rings. The van der Waals surface area contributed by atoms with Crippen molar-refractivity contribution in [1.82, 2.24) is 59.8 Å². The Labute approximate surface area is 745 Å². The Bertz CT molecular complexity index is 6220. The number of halogens is 3. The molecular weight excluding hydrogens is 1610 g/mol. The van der Waals surface area contributed by atoms with Crippen LogP contribution in [0.15, 0.2) is 267 Å². The predicted octanol–water partition coefficient (Wildman–Crippen LogP) is 20.4. The number of aryl methyl sites for hydroxylation is 6. The summed E-state index contributed by atoms with van der Waals surface area (Å²) >= 11 is 5.89. The third-order valence-corrected chi connectivity index (χ3v) is 21.4. The first-order valence-corrected chi connectivity index (χ1v) is 42.6. The second-order valence-corrected chi connectivity index (χ2v) is 31.3. The average Bonchev–Trinajstić information content (AvgIpc) is 1.74. The van der Waals surface area contributed by atoms with Crippen LogP contribution in [-0.4, -0.2) is 92.2 Å². The molecule has 127 heavy (non-hydrogen) atoms. The molecule has 0 unspecified atom stereocenters. The van der Waals surface area contributed by atoms with E-state index in [2.05, 4.69) is 213 Å². The van der Waals surface area contributed by atoms with Crippen molar-refractivity contribution >= 4 is 76.1 Å². The van der Waals surface area contributed by atoms with E-state index in [4.69, 9.17) is 46.0 Å². The molecule has 17 rings (SSSR count). The maximum absolute atomic E-state index is 12.6. The fraction of sp³-hybridized carbons (Fsp3) is 0.206.